The zero-order chi connectivity index (χ0) is 18.5. The van der Waals surface area contributed by atoms with Crippen LogP contribution in [0.5, 0.6) is 0 Å². The van der Waals surface area contributed by atoms with E-state index < -0.39 is 0 Å². The van der Waals surface area contributed by atoms with Crippen molar-refractivity contribution in [2.24, 2.45) is 0 Å². The molecular weight excluding hydrogens is 320 g/mol. The number of rotatable bonds is 13. The van der Waals surface area contributed by atoms with Gasteiger partial charge in [-0.25, -0.2) is 0 Å². The number of pyridine rings is 1. The predicted molar refractivity (Wildman–Crippen MR) is 110 cm³/mol. The molecule has 0 bridgehead atoms. The second-order valence-electron chi connectivity index (χ2n) is 7.20. The van der Waals surface area contributed by atoms with Gasteiger partial charge in [0.1, 0.15) is 0 Å². The Labute approximate surface area is 158 Å². The second kappa shape index (κ2) is 12.5. The topological polar surface area (TPSA) is 42.0 Å². The van der Waals surface area contributed by atoms with Crippen LogP contribution in [-0.4, -0.2) is 17.4 Å². The summed E-state index contributed by atoms with van der Waals surface area (Å²) in [4.78, 5) is 16.5. The molecule has 1 N–H and O–H groups in total. The van der Waals surface area contributed by atoms with Gasteiger partial charge in [0, 0.05) is 18.1 Å². The number of nitrogens with zero attached hydrogens (tertiary/aromatic N) is 1. The highest BCUT2D eigenvalue weighted by Crippen LogP contribution is 2.16. The van der Waals surface area contributed by atoms with Gasteiger partial charge in [0.2, 0.25) is 5.91 Å². The van der Waals surface area contributed by atoms with Crippen molar-refractivity contribution in [3.05, 3.63) is 42.1 Å². The van der Waals surface area contributed by atoms with E-state index in [1.165, 1.54) is 57.8 Å². The van der Waals surface area contributed by atoms with E-state index in [1.807, 2.05) is 30.3 Å². The Morgan fingerprint density at radius 3 is 2.31 bits per heavy atom. The maximum atomic E-state index is 12.2. The van der Waals surface area contributed by atoms with Gasteiger partial charge in [-0.05, 0) is 24.1 Å². The van der Waals surface area contributed by atoms with Gasteiger partial charge in [-0.3, -0.25) is 9.78 Å². The maximum Gasteiger partial charge on any atom is 0.224 e. The normalized spacial score (nSPS) is 11.0. The van der Waals surface area contributed by atoms with Crippen LogP contribution in [0.3, 0.4) is 0 Å². The Morgan fingerprint density at radius 1 is 0.885 bits per heavy atom. The van der Waals surface area contributed by atoms with Crippen LogP contribution in [0.2, 0.25) is 0 Å². The highest BCUT2D eigenvalue weighted by atomic mass is 16.1. The molecule has 1 aromatic heterocycles. The molecule has 0 atom stereocenters. The van der Waals surface area contributed by atoms with Gasteiger partial charge in [-0.1, -0.05) is 82.9 Å². The summed E-state index contributed by atoms with van der Waals surface area (Å²) in [5.41, 5.74) is 2.00. The van der Waals surface area contributed by atoms with Crippen molar-refractivity contribution in [3.63, 3.8) is 0 Å². The van der Waals surface area contributed by atoms with Crippen molar-refractivity contribution >= 4 is 16.8 Å². The summed E-state index contributed by atoms with van der Waals surface area (Å²) >= 11 is 0. The second-order valence-corrected chi connectivity index (χ2v) is 7.20. The number of benzene rings is 1. The molecule has 0 spiro atoms. The van der Waals surface area contributed by atoms with Gasteiger partial charge >= 0.3 is 0 Å². The van der Waals surface area contributed by atoms with Crippen molar-refractivity contribution in [1.29, 1.82) is 0 Å². The molecule has 26 heavy (non-hydrogen) atoms. The zero-order valence-corrected chi connectivity index (χ0v) is 16.3. The van der Waals surface area contributed by atoms with E-state index in [0.717, 1.165) is 29.4 Å². The lowest BCUT2D eigenvalue weighted by molar-refractivity contribution is -0.120. The Kier molecular flexibility index (Phi) is 9.78. The van der Waals surface area contributed by atoms with Crippen molar-refractivity contribution in [3.8, 4) is 0 Å². The number of carbonyl (C=O) groups excluding carboxylic acids is 1. The number of nitrogens with one attached hydrogen (secondary N) is 1. The molecule has 1 aromatic carbocycles. The fourth-order valence-corrected chi connectivity index (χ4v) is 3.40. The lowest BCUT2D eigenvalue weighted by Crippen LogP contribution is -2.26. The molecule has 0 aliphatic carbocycles. The molecule has 0 aliphatic rings. The van der Waals surface area contributed by atoms with Gasteiger partial charge in [-0.15, -0.1) is 0 Å². The molecule has 0 radical (unpaired) electrons. The number of unbranched alkanes of at least 4 members (excludes halogenated alkanes) is 9. The minimum absolute atomic E-state index is 0.109. The number of amides is 1. The molecule has 0 unspecified atom stereocenters. The molecule has 3 heteroatoms. The molecule has 1 amide bonds. The standard InChI is InChI=1S/C23H34N2O/c1-2-3-4-5-6-7-8-9-10-11-17-25-23(26)19-20-14-12-16-22-21(20)15-13-18-24-22/h12-16,18H,2-11,17,19H2,1H3,(H,25,26). The van der Waals surface area contributed by atoms with Gasteiger partial charge < -0.3 is 5.32 Å². The predicted octanol–water partition coefficient (Wildman–Crippen LogP) is 5.81. The molecule has 0 saturated carbocycles. The molecular formula is C23H34N2O. The first-order valence-electron chi connectivity index (χ1n) is 10.4. The number of carbonyl (C=O) groups is 1. The highest BCUT2D eigenvalue weighted by molar-refractivity contribution is 5.88. The minimum atomic E-state index is 0.109. The average Bonchev–Trinajstić information content (AvgIpc) is 2.66. The molecule has 1 heterocycles. The molecule has 2 aromatic rings. The molecule has 2 rings (SSSR count). The van der Waals surface area contributed by atoms with Crippen LogP contribution in [-0.2, 0) is 11.2 Å². The number of hydrogen-bond acceptors (Lipinski definition) is 2. The highest BCUT2D eigenvalue weighted by Gasteiger charge is 2.06. The third-order valence-electron chi connectivity index (χ3n) is 4.94. The van der Waals surface area contributed by atoms with E-state index in [2.05, 4.69) is 17.2 Å². The van der Waals surface area contributed by atoms with E-state index in [4.69, 9.17) is 0 Å². The van der Waals surface area contributed by atoms with Gasteiger partial charge in [-0.2, -0.15) is 0 Å². The van der Waals surface area contributed by atoms with Gasteiger partial charge in [0.05, 0.1) is 11.9 Å². The van der Waals surface area contributed by atoms with Crippen LogP contribution < -0.4 is 5.32 Å². The number of fused-ring (bicyclic) bond motifs is 1. The Hall–Kier alpha value is -1.90. The monoisotopic (exact) mass is 354 g/mol. The van der Waals surface area contributed by atoms with Gasteiger partial charge in [0.15, 0.2) is 0 Å². The number of aromatic nitrogens is 1. The SMILES string of the molecule is CCCCCCCCCCCCNC(=O)Cc1cccc2ncccc12. The first kappa shape index (κ1) is 20.4. The van der Waals surface area contributed by atoms with E-state index in [1.54, 1.807) is 6.20 Å². The van der Waals surface area contributed by atoms with E-state index in [0.29, 0.717) is 6.42 Å². The summed E-state index contributed by atoms with van der Waals surface area (Å²) in [5.74, 6) is 0.109. The summed E-state index contributed by atoms with van der Waals surface area (Å²) in [6.45, 7) is 3.05. The van der Waals surface area contributed by atoms with Crippen LogP contribution in [0.4, 0.5) is 0 Å². The number of hydrogen-bond donors (Lipinski definition) is 1. The fourth-order valence-electron chi connectivity index (χ4n) is 3.40. The third kappa shape index (κ3) is 7.55. The summed E-state index contributed by atoms with van der Waals surface area (Å²) in [6.07, 6.45) is 15.4. The van der Waals surface area contributed by atoms with Crippen LogP contribution in [0, 0.1) is 0 Å². The Bertz CT molecular complexity index is 648. The summed E-state index contributed by atoms with van der Waals surface area (Å²) in [5, 5.41) is 4.13. The summed E-state index contributed by atoms with van der Waals surface area (Å²) < 4.78 is 0. The van der Waals surface area contributed by atoms with Crippen LogP contribution in [0.1, 0.15) is 76.7 Å². The largest absolute Gasteiger partial charge is 0.356 e. The summed E-state index contributed by atoms with van der Waals surface area (Å²) in [7, 11) is 0. The molecule has 0 saturated heterocycles. The fraction of sp³-hybridized carbons (Fsp3) is 0.565. The van der Waals surface area contributed by atoms with E-state index >= 15 is 0 Å². The first-order valence-corrected chi connectivity index (χ1v) is 10.4. The smallest absolute Gasteiger partial charge is 0.224 e. The molecule has 0 aliphatic heterocycles. The Morgan fingerprint density at radius 2 is 1.58 bits per heavy atom. The minimum Gasteiger partial charge on any atom is -0.356 e. The average molecular weight is 355 g/mol. The van der Waals surface area contributed by atoms with Crippen molar-refractivity contribution < 1.29 is 4.79 Å². The van der Waals surface area contributed by atoms with Crippen LogP contribution >= 0.6 is 0 Å². The first-order chi connectivity index (χ1) is 12.8. The summed E-state index contributed by atoms with van der Waals surface area (Å²) in [6, 6.07) is 9.94. The van der Waals surface area contributed by atoms with Crippen molar-refractivity contribution in [2.45, 2.75) is 77.6 Å². The van der Waals surface area contributed by atoms with E-state index in [9.17, 15) is 4.79 Å². The van der Waals surface area contributed by atoms with E-state index in [-0.39, 0.29) is 5.91 Å². The lowest BCUT2D eigenvalue weighted by atomic mass is 10.1. The Balaban J connectivity index is 1.54. The zero-order valence-electron chi connectivity index (χ0n) is 16.3. The lowest BCUT2D eigenvalue weighted by Gasteiger charge is -2.08. The molecule has 142 valence electrons. The van der Waals surface area contributed by atoms with Crippen molar-refractivity contribution in [1.82, 2.24) is 10.3 Å². The molecule has 0 fully saturated rings. The maximum absolute atomic E-state index is 12.2. The quantitative estimate of drug-likeness (QED) is 0.461. The molecule has 3 nitrogen and oxygen atoms in total. The third-order valence-corrected chi connectivity index (χ3v) is 4.94. The van der Waals surface area contributed by atoms with Crippen molar-refractivity contribution in [2.75, 3.05) is 6.54 Å². The van der Waals surface area contributed by atoms with Crippen LogP contribution in [0.15, 0.2) is 36.5 Å². The van der Waals surface area contributed by atoms with Crippen LogP contribution in [0.25, 0.3) is 10.9 Å². The van der Waals surface area contributed by atoms with Gasteiger partial charge in [0.25, 0.3) is 0 Å².